The number of hydrogen-bond acceptors (Lipinski definition) is 20. The van der Waals surface area contributed by atoms with Gasteiger partial charge in [-0.15, -0.1) is 0 Å². The lowest BCUT2D eigenvalue weighted by molar-refractivity contribution is -0.320. The highest BCUT2D eigenvalue weighted by Gasteiger charge is 2.55. The third-order valence-corrected chi connectivity index (χ3v) is 20.6. The highest BCUT2D eigenvalue weighted by Crippen LogP contribution is 2.43. The first-order valence-electron chi connectivity index (χ1n) is 32.4. The maximum Gasteiger partial charge on any atom is 0.315 e. The van der Waals surface area contributed by atoms with Crippen LogP contribution in [0.1, 0.15) is 178 Å². The number of esters is 2. The predicted molar refractivity (Wildman–Crippen MR) is 329 cm³/mol. The Bertz CT molecular complexity index is 2270. The molecule has 0 saturated carbocycles. The SMILES string of the molecule is CC[C@H]1OC(=O)[C@H](C)[C@@H](O[C@H]2C[C@@](C)(OC)[C@@H](O)[C@H](C)O2)[C@H](C)[C@@H](O[C@@H]2O[C@H](C)C[C@H](N(C)C)[C@H]2OC(=O)CCNC(=O)CCCCCNC(=O)CCCCCNC(=O)CCCC[C@@H]2SC[C@@H]3NC(=O)N[C@@H]32)[C@](C)(OC)C[C@@H](C)C(=O)[C@H](C)[C@@H](O)[C@]1(C)O. The van der Waals surface area contributed by atoms with Gasteiger partial charge in [-0.1, -0.05) is 47.0 Å². The van der Waals surface area contributed by atoms with Gasteiger partial charge in [-0.3, -0.25) is 28.8 Å². The topological polar surface area (TPSA) is 317 Å². The summed E-state index contributed by atoms with van der Waals surface area (Å²) in [4.78, 5) is 94.1. The summed E-state index contributed by atoms with van der Waals surface area (Å²) in [6.07, 6.45) is -2.00. The number of urea groups is 1. The van der Waals surface area contributed by atoms with E-state index in [1.54, 1.807) is 41.5 Å². The van der Waals surface area contributed by atoms with E-state index in [-0.39, 0.29) is 80.3 Å². The summed E-state index contributed by atoms with van der Waals surface area (Å²) in [6.45, 7) is 17.9. The quantitative estimate of drug-likeness (QED) is 0.0289. The van der Waals surface area contributed by atoms with Crippen LogP contribution in [0.5, 0.6) is 0 Å². The number of methoxy groups -OCH3 is 2. The Labute approximate surface area is 526 Å². The number of aliphatic hydroxyl groups excluding tert-OH is 2. The van der Waals surface area contributed by atoms with Crippen molar-refractivity contribution < 1.29 is 86.8 Å². The Hall–Kier alpha value is -3.76. The van der Waals surface area contributed by atoms with E-state index in [2.05, 4.69) is 26.6 Å². The van der Waals surface area contributed by atoms with E-state index < -0.39 is 120 Å². The van der Waals surface area contributed by atoms with Gasteiger partial charge in [0.25, 0.3) is 0 Å². The van der Waals surface area contributed by atoms with Crippen LogP contribution in [0, 0.1) is 23.7 Å². The van der Waals surface area contributed by atoms with Crippen LogP contribution in [-0.2, 0) is 66.7 Å². The summed E-state index contributed by atoms with van der Waals surface area (Å²) in [7, 11) is 6.67. The monoisotopic (exact) mass is 1270 g/mol. The van der Waals surface area contributed by atoms with E-state index in [1.807, 2.05) is 44.6 Å². The number of amides is 5. The fraction of sp³-hybridized carbons (Fsp3) is 0.889. The highest BCUT2D eigenvalue weighted by molar-refractivity contribution is 8.00. The van der Waals surface area contributed by atoms with Crippen molar-refractivity contribution >= 4 is 53.2 Å². The molecule has 5 amide bonds. The number of aliphatic hydroxyl groups is 3. The number of hydrogen-bond donors (Lipinski definition) is 8. The molecule has 0 spiro atoms. The number of unbranched alkanes of at least 4 members (excludes halogenated alkanes) is 5. The van der Waals surface area contributed by atoms with Gasteiger partial charge >= 0.3 is 18.0 Å². The molecule has 0 unspecified atom stereocenters. The molecule has 0 bridgehead atoms. The van der Waals surface area contributed by atoms with Crippen LogP contribution < -0.4 is 26.6 Å². The minimum Gasteiger partial charge on any atom is -0.459 e. The maximum absolute atomic E-state index is 14.6. The normalized spacial score (nSPS) is 37.4. The molecule has 25 heteroatoms. The van der Waals surface area contributed by atoms with Crippen molar-refractivity contribution in [3.05, 3.63) is 0 Å². The van der Waals surface area contributed by atoms with E-state index in [0.717, 1.165) is 37.9 Å². The summed E-state index contributed by atoms with van der Waals surface area (Å²) in [5, 5.41) is 49.8. The van der Waals surface area contributed by atoms with Crippen molar-refractivity contribution in [3.63, 3.8) is 0 Å². The van der Waals surface area contributed by atoms with Gasteiger partial charge in [0, 0.05) is 88.3 Å². The van der Waals surface area contributed by atoms with Crippen molar-refractivity contribution in [2.24, 2.45) is 23.7 Å². The summed E-state index contributed by atoms with van der Waals surface area (Å²) in [5.74, 6) is -4.93. The van der Waals surface area contributed by atoms with Gasteiger partial charge in [0.1, 0.15) is 23.6 Å². The second-order valence-electron chi connectivity index (χ2n) is 26.4. The molecule has 8 N–H and O–H groups in total. The van der Waals surface area contributed by atoms with Crippen molar-refractivity contribution in [2.75, 3.05) is 53.7 Å². The Morgan fingerprint density at radius 2 is 1.31 bits per heavy atom. The van der Waals surface area contributed by atoms with Crippen LogP contribution in [0.2, 0.25) is 0 Å². The lowest BCUT2D eigenvalue weighted by Gasteiger charge is -2.50. The van der Waals surface area contributed by atoms with Crippen LogP contribution in [0.3, 0.4) is 0 Å². The number of likely N-dealkylation sites (N-methyl/N-ethyl adjacent to an activating group) is 1. The van der Waals surface area contributed by atoms with Crippen molar-refractivity contribution in [2.45, 2.75) is 280 Å². The molecule has 24 nitrogen and oxygen atoms in total. The maximum atomic E-state index is 14.6. The zero-order chi connectivity index (χ0) is 65.3. The van der Waals surface area contributed by atoms with Crippen LogP contribution in [0.25, 0.3) is 0 Å². The Morgan fingerprint density at radius 1 is 0.716 bits per heavy atom. The smallest absolute Gasteiger partial charge is 0.315 e. The van der Waals surface area contributed by atoms with Gasteiger partial charge in [0.15, 0.2) is 18.7 Å². The average molecular weight is 1270 g/mol. The number of thioether (sulfide) groups is 1. The van der Waals surface area contributed by atoms with Crippen molar-refractivity contribution in [1.29, 1.82) is 0 Å². The standard InChI is InChI=1S/C63H110N6O18S/c1-15-45-63(10,79)55(75)38(4)52(74)36(2)33-62(9,81-14)57(39(5)53(40(6)58(77)84-45)86-50-34-61(8,80-13)56(76)41(7)83-50)87-59-54(43(69(11)12)32-37(3)82-59)85-49(73)28-31-66-48(72)26-19-17-23-29-64-46(70)25-18-16-22-30-65-47(71)27-21-20-24-44-51-42(35-88-44)67-60(78)68-51/h36-45,50-51,53-57,59,75-76,79H,15-35H2,1-14H3,(H,64,70)(H,65,71)(H,66,72)(H2,67,68,78)/t36-,37-,38+,39+,40-,41+,42+,43+,44+,45-,50+,51+,53+,54-,55-,56+,57-,59+,61-,62-,63-/m1/s1. The molecule has 0 aliphatic carbocycles. The van der Waals surface area contributed by atoms with Gasteiger partial charge in [-0.05, 0) is 113 Å². The molecule has 5 fully saturated rings. The van der Waals surface area contributed by atoms with Crippen LogP contribution in [0.15, 0.2) is 0 Å². The second kappa shape index (κ2) is 34.8. The van der Waals surface area contributed by atoms with Crippen LogP contribution >= 0.6 is 11.8 Å². The molecule has 21 atom stereocenters. The summed E-state index contributed by atoms with van der Waals surface area (Å²) in [6, 6.07) is -0.129. The lowest BCUT2D eigenvalue weighted by atomic mass is 9.74. The third kappa shape index (κ3) is 20.6. The summed E-state index contributed by atoms with van der Waals surface area (Å²) in [5.41, 5.74) is -4.54. The van der Waals surface area contributed by atoms with E-state index in [4.69, 9.17) is 37.9 Å². The highest BCUT2D eigenvalue weighted by atomic mass is 32.2. The molecule has 0 aromatic rings. The first-order chi connectivity index (χ1) is 41.5. The zero-order valence-electron chi connectivity index (χ0n) is 55.1. The largest absolute Gasteiger partial charge is 0.459 e. The van der Waals surface area contributed by atoms with E-state index in [1.165, 1.54) is 28.1 Å². The Kier molecular flexibility index (Phi) is 29.6. The number of carbonyl (C=O) groups excluding carboxylic acids is 7. The van der Waals surface area contributed by atoms with E-state index in [9.17, 15) is 48.9 Å². The van der Waals surface area contributed by atoms with Crippen molar-refractivity contribution in [3.8, 4) is 0 Å². The summed E-state index contributed by atoms with van der Waals surface area (Å²) < 4.78 is 51.5. The van der Waals surface area contributed by atoms with Crippen LogP contribution in [-0.4, -0.2) is 217 Å². The number of carbonyl (C=O) groups is 7. The summed E-state index contributed by atoms with van der Waals surface area (Å²) >= 11 is 1.88. The van der Waals surface area contributed by atoms with E-state index in [0.29, 0.717) is 63.3 Å². The number of ether oxygens (including phenoxy) is 8. The molecule has 88 heavy (non-hydrogen) atoms. The third-order valence-electron chi connectivity index (χ3n) is 19.0. The minimum absolute atomic E-state index is 0.00743. The molecule has 5 rings (SSSR count). The first kappa shape index (κ1) is 75.0. The van der Waals surface area contributed by atoms with Gasteiger partial charge in [0.05, 0.1) is 72.2 Å². The molecule has 5 aliphatic heterocycles. The molecule has 506 valence electrons. The van der Waals surface area contributed by atoms with E-state index >= 15 is 0 Å². The number of cyclic esters (lactones) is 1. The molecule has 0 aromatic heterocycles. The molecular weight excluding hydrogens is 1160 g/mol. The Morgan fingerprint density at radius 3 is 1.89 bits per heavy atom. The van der Waals surface area contributed by atoms with Gasteiger partial charge in [0.2, 0.25) is 17.7 Å². The predicted octanol–water partition coefficient (Wildman–Crippen LogP) is 4.58. The van der Waals surface area contributed by atoms with Gasteiger partial charge < -0.3 is 84.7 Å². The fourth-order valence-corrected chi connectivity index (χ4v) is 14.9. The van der Waals surface area contributed by atoms with Gasteiger partial charge in [-0.25, -0.2) is 4.79 Å². The fourth-order valence-electron chi connectivity index (χ4n) is 13.4. The number of nitrogens with one attached hydrogen (secondary N) is 5. The Balaban J connectivity index is 1.14. The molecule has 5 saturated heterocycles. The number of ketones is 1. The molecule has 0 radical (unpaired) electrons. The van der Waals surface area contributed by atoms with Crippen LogP contribution in [0.4, 0.5) is 4.79 Å². The number of rotatable bonds is 29. The average Bonchev–Trinajstić information content (AvgIpc) is 2.66. The number of Topliss-reactive ketones (excluding diaryl/α,β-unsaturated/α-hetero) is 1. The lowest BCUT2D eigenvalue weighted by Crippen LogP contribution is -2.62. The zero-order valence-corrected chi connectivity index (χ0v) is 55.9. The minimum atomic E-state index is -2.04. The molecule has 0 aromatic carbocycles. The molecular formula is C63H110N6O18S. The number of nitrogens with zero attached hydrogens (tertiary/aromatic N) is 1. The van der Waals surface area contributed by atoms with Gasteiger partial charge in [-0.2, -0.15) is 11.8 Å². The first-order valence-corrected chi connectivity index (χ1v) is 33.4. The van der Waals surface area contributed by atoms with Crippen molar-refractivity contribution in [1.82, 2.24) is 31.5 Å². The molecule has 5 aliphatic rings. The molecule has 5 heterocycles. The second-order valence-corrected chi connectivity index (χ2v) is 27.7. The number of fused-ring (bicyclic) bond motifs is 1.